The van der Waals surface area contributed by atoms with Crippen molar-refractivity contribution in [2.45, 2.75) is 25.0 Å². The normalized spacial score (nSPS) is 25.2. The summed E-state index contributed by atoms with van der Waals surface area (Å²) in [4.78, 5) is 13.7. The van der Waals surface area contributed by atoms with Crippen molar-refractivity contribution in [1.82, 2.24) is 4.90 Å². The maximum Gasteiger partial charge on any atom is 0.230 e. The minimum atomic E-state index is -0.845. The van der Waals surface area contributed by atoms with Crippen molar-refractivity contribution in [3.63, 3.8) is 0 Å². The number of benzene rings is 1. The molecule has 1 amide bonds. The van der Waals surface area contributed by atoms with Gasteiger partial charge in [-0.25, -0.2) is 0 Å². The first-order valence-corrected chi connectivity index (χ1v) is 5.99. The molecule has 1 fully saturated rings. The molecule has 2 rings (SSSR count). The van der Waals surface area contributed by atoms with Crippen molar-refractivity contribution in [2.75, 3.05) is 18.8 Å². The van der Waals surface area contributed by atoms with Gasteiger partial charge in [0.1, 0.15) is 0 Å². The molecule has 1 aromatic rings. The first kappa shape index (κ1) is 12.9. The topological polar surface area (TPSA) is 86.8 Å². The van der Waals surface area contributed by atoms with Crippen LogP contribution in [-0.2, 0) is 4.79 Å². The quantitative estimate of drug-likeness (QED) is 0.642. The Kier molecular flexibility index (Phi) is 3.54. The number of likely N-dealkylation sites (tertiary alicyclic amines) is 1. The van der Waals surface area contributed by atoms with Crippen LogP contribution in [0.25, 0.3) is 0 Å². The van der Waals surface area contributed by atoms with Crippen LogP contribution < -0.4 is 5.73 Å². The number of nitrogen functional groups attached to an aromatic ring is 1. The molecule has 1 unspecified atom stereocenters. The van der Waals surface area contributed by atoms with Gasteiger partial charge in [-0.15, -0.1) is 0 Å². The second-order valence-electron chi connectivity index (χ2n) is 4.77. The van der Waals surface area contributed by atoms with Gasteiger partial charge in [-0.2, -0.15) is 0 Å². The Morgan fingerprint density at radius 1 is 1.39 bits per heavy atom. The highest BCUT2D eigenvalue weighted by atomic mass is 16.3. The summed E-state index contributed by atoms with van der Waals surface area (Å²) in [5.41, 5.74) is 7.15. The Morgan fingerprint density at radius 2 is 2.00 bits per heavy atom. The fraction of sp³-hybridized carbons (Fsp3) is 0.462. The third kappa shape index (κ3) is 2.47. The van der Waals surface area contributed by atoms with Crippen molar-refractivity contribution in [1.29, 1.82) is 0 Å². The van der Waals surface area contributed by atoms with E-state index in [9.17, 15) is 15.0 Å². The smallest absolute Gasteiger partial charge is 0.230 e. The average molecular weight is 250 g/mol. The van der Waals surface area contributed by atoms with Crippen LogP contribution in [0.1, 0.15) is 18.4 Å². The summed E-state index contributed by atoms with van der Waals surface area (Å²) >= 11 is 0. The molecule has 5 heteroatoms. The van der Waals surface area contributed by atoms with Gasteiger partial charge >= 0.3 is 0 Å². The van der Waals surface area contributed by atoms with E-state index in [0.717, 1.165) is 5.56 Å². The number of hydrogen-bond acceptors (Lipinski definition) is 4. The van der Waals surface area contributed by atoms with Gasteiger partial charge in [0.05, 0.1) is 18.1 Å². The van der Waals surface area contributed by atoms with Crippen molar-refractivity contribution in [3.8, 4) is 0 Å². The number of anilines is 1. The van der Waals surface area contributed by atoms with Crippen LogP contribution in [0.5, 0.6) is 0 Å². The Hall–Kier alpha value is -1.59. The van der Waals surface area contributed by atoms with E-state index in [1.54, 1.807) is 19.1 Å². The highest BCUT2D eigenvalue weighted by Gasteiger charge is 2.34. The molecule has 5 nitrogen and oxygen atoms in total. The number of rotatable bonds is 2. The van der Waals surface area contributed by atoms with Crippen molar-refractivity contribution >= 4 is 11.6 Å². The van der Waals surface area contributed by atoms with E-state index in [0.29, 0.717) is 5.69 Å². The highest BCUT2D eigenvalue weighted by Crippen LogP contribution is 2.22. The van der Waals surface area contributed by atoms with Crippen LogP contribution in [0.4, 0.5) is 5.69 Å². The number of β-amino-alcohol motifs (C(OH)–C–C–N with tert-alkyl or cyclic N) is 2. The van der Waals surface area contributed by atoms with E-state index in [1.807, 2.05) is 12.1 Å². The number of carbonyl (C=O) groups excluding carboxylic acids is 1. The number of nitrogens with zero attached hydrogens (tertiary/aromatic N) is 1. The zero-order chi connectivity index (χ0) is 13.3. The van der Waals surface area contributed by atoms with Crippen LogP contribution in [-0.4, -0.2) is 46.3 Å². The minimum absolute atomic E-state index is 0.101. The molecule has 3 atom stereocenters. The third-order valence-electron chi connectivity index (χ3n) is 3.35. The average Bonchev–Trinajstić information content (AvgIpc) is 2.68. The summed E-state index contributed by atoms with van der Waals surface area (Å²) in [7, 11) is 0. The first-order chi connectivity index (χ1) is 8.49. The molecule has 0 saturated carbocycles. The summed E-state index contributed by atoms with van der Waals surface area (Å²) in [6.07, 6.45) is -1.69. The van der Waals surface area contributed by atoms with Gasteiger partial charge in [-0.1, -0.05) is 12.1 Å². The Labute approximate surface area is 106 Å². The zero-order valence-electron chi connectivity index (χ0n) is 10.3. The molecule has 0 bridgehead atoms. The standard InChI is InChI=1S/C13H18N2O3/c1-8(9-3-2-4-10(14)5-9)13(18)15-6-11(16)12(17)7-15/h2-5,8,11-12,16-17H,6-7,14H2,1H3/t8?,11-,12+. The summed E-state index contributed by atoms with van der Waals surface area (Å²) in [5, 5.41) is 18.9. The molecule has 4 N–H and O–H groups in total. The minimum Gasteiger partial charge on any atom is -0.399 e. The van der Waals surface area contributed by atoms with Gasteiger partial charge < -0.3 is 20.8 Å². The number of carbonyl (C=O) groups is 1. The second kappa shape index (κ2) is 4.96. The summed E-state index contributed by atoms with van der Waals surface area (Å²) < 4.78 is 0. The molecular formula is C13H18N2O3. The molecule has 0 spiro atoms. The van der Waals surface area contributed by atoms with Crippen LogP contribution in [0, 0.1) is 0 Å². The Morgan fingerprint density at radius 3 is 2.56 bits per heavy atom. The molecule has 0 aliphatic carbocycles. The fourth-order valence-corrected chi connectivity index (χ4v) is 2.19. The van der Waals surface area contributed by atoms with Crippen LogP contribution in [0.3, 0.4) is 0 Å². The fourth-order valence-electron chi connectivity index (χ4n) is 2.19. The summed E-state index contributed by atoms with van der Waals surface area (Å²) in [6, 6.07) is 7.19. The Bertz CT molecular complexity index is 440. The summed E-state index contributed by atoms with van der Waals surface area (Å²) in [6.45, 7) is 2.17. The largest absolute Gasteiger partial charge is 0.399 e. The number of aliphatic hydroxyl groups is 2. The van der Waals surface area contributed by atoms with Crippen LogP contribution in [0.15, 0.2) is 24.3 Å². The van der Waals surface area contributed by atoms with Gasteiger partial charge in [0.25, 0.3) is 0 Å². The lowest BCUT2D eigenvalue weighted by Crippen LogP contribution is -2.33. The molecule has 18 heavy (non-hydrogen) atoms. The molecule has 0 radical (unpaired) electrons. The van der Waals surface area contributed by atoms with E-state index in [1.165, 1.54) is 4.90 Å². The van der Waals surface area contributed by atoms with Gasteiger partial charge in [-0.3, -0.25) is 4.79 Å². The monoisotopic (exact) mass is 250 g/mol. The second-order valence-corrected chi connectivity index (χ2v) is 4.77. The van der Waals surface area contributed by atoms with Crippen LogP contribution >= 0.6 is 0 Å². The number of aliphatic hydroxyl groups excluding tert-OH is 2. The first-order valence-electron chi connectivity index (χ1n) is 5.99. The lowest BCUT2D eigenvalue weighted by atomic mass is 9.99. The SMILES string of the molecule is CC(C(=O)N1C[C@@H](O)[C@@H](O)C1)c1cccc(N)c1. The maximum absolute atomic E-state index is 12.2. The van der Waals surface area contributed by atoms with Gasteiger partial charge in [0, 0.05) is 18.8 Å². The molecule has 1 aliphatic rings. The predicted octanol–water partition coefficient (Wildman–Crippen LogP) is -0.0637. The molecule has 98 valence electrons. The van der Waals surface area contributed by atoms with Crippen molar-refractivity contribution < 1.29 is 15.0 Å². The van der Waals surface area contributed by atoms with Crippen molar-refractivity contribution in [3.05, 3.63) is 29.8 Å². The molecule has 1 heterocycles. The van der Waals surface area contributed by atoms with E-state index in [-0.39, 0.29) is 24.9 Å². The maximum atomic E-state index is 12.2. The number of amides is 1. The molecule has 1 aliphatic heterocycles. The number of nitrogens with two attached hydrogens (primary N) is 1. The van der Waals surface area contributed by atoms with E-state index in [2.05, 4.69) is 0 Å². The van der Waals surface area contributed by atoms with Crippen LogP contribution in [0.2, 0.25) is 0 Å². The summed E-state index contributed by atoms with van der Waals surface area (Å²) in [5.74, 6) is -0.429. The lowest BCUT2D eigenvalue weighted by molar-refractivity contribution is -0.131. The van der Waals surface area contributed by atoms with Gasteiger partial charge in [0.15, 0.2) is 0 Å². The molecule has 0 aromatic heterocycles. The Balaban J connectivity index is 2.10. The predicted molar refractivity (Wildman–Crippen MR) is 67.9 cm³/mol. The van der Waals surface area contributed by atoms with E-state index < -0.39 is 12.2 Å². The highest BCUT2D eigenvalue weighted by molar-refractivity contribution is 5.84. The zero-order valence-corrected chi connectivity index (χ0v) is 10.3. The van der Waals surface area contributed by atoms with E-state index in [4.69, 9.17) is 5.73 Å². The van der Waals surface area contributed by atoms with Crippen molar-refractivity contribution in [2.24, 2.45) is 0 Å². The molecular weight excluding hydrogens is 232 g/mol. The lowest BCUT2D eigenvalue weighted by Gasteiger charge is -2.20. The molecule has 1 saturated heterocycles. The third-order valence-corrected chi connectivity index (χ3v) is 3.35. The molecule has 1 aromatic carbocycles. The number of hydrogen-bond donors (Lipinski definition) is 3. The van der Waals surface area contributed by atoms with E-state index >= 15 is 0 Å². The van der Waals surface area contributed by atoms with Gasteiger partial charge in [0.2, 0.25) is 5.91 Å². The van der Waals surface area contributed by atoms with Gasteiger partial charge in [-0.05, 0) is 24.6 Å².